The first-order valence-corrected chi connectivity index (χ1v) is 6.30. The number of benzene rings is 1. The summed E-state index contributed by atoms with van der Waals surface area (Å²) in [6.45, 7) is 3.33. The Hall–Kier alpha value is -1.28. The van der Waals surface area contributed by atoms with Crippen molar-refractivity contribution in [2.45, 2.75) is 6.10 Å². The molecule has 0 aliphatic carbocycles. The molecule has 18 heavy (non-hydrogen) atoms. The molecular formula is C13H16ClN3O. The van der Waals surface area contributed by atoms with E-state index < -0.39 is 0 Å². The van der Waals surface area contributed by atoms with Crippen molar-refractivity contribution in [3.63, 3.8) is 0 Å². The minimum Gasteiger partial charge on any atom is -0.381 e. The molecule has 1 saturated heterocycles. The number of likely N-dealkylation sites (N-methyl/N-ethyl adjacent to an activating group) is 1. The van der Waals surface area contributed by atoms with Crippen molar-refractivity contribution < 1.29 is 4.74 Å². The lowest BCUT2D eigenvalue weighted by Gasteiger charge is -2.30. The second kappa shape index (κ2) is 6.05. The molecule has 1 aromatic carbocycles. The maximum absolute atomic E-state index is 8.85. The SMILES string of the molecule is CN1CCOC(CNc2cc(C#N)ccc2Cl)C1. The summed E-state index contributed by atoms with van der Waals surface area (Å²) >= 11 is 6.08. The predicted molar refractivity (Wildman–Crippen MR) is 71.9 cm³/mol. The van der Waals surface area contributed by atoms with Gasteiger partial charge < -0.3 is 15.0 Å². The number of ether oxygens (including phenoxy) is 1. The Morgan fingerprint density at radius 1 is 1.61 bits per heavy atom. The first kappa shape index (κ1) is 13.2. The third-order valence-electron chi connectivity index (χ3n) is 2.96. The fourth-order valence-corrected chi connectivity index (χ4v) is 2.13. The molecule has 5 heteroatoms. The van der Waals surface area contributed by atoms with Crippen LogP contribution >= 0.6 is 11.6 Å². The Labute approximate surface area is 112 Å². The zero-order valence-corrected chi connectivity index (χ0v) is 11.1. The van der Waals surface area contributed by atoms with E-state index in [0.29, 0.717) is 17.1 Å². The molecule has 0 saturated carbocycles. The standard InChI is InChI=1S/C13H16ClN3O/c1-17-4-5-18-11(9-17)8-16-13-6-10(7-15)2-3-12(13)14/h2-3,6,11,16H,4-5,8-9H2,1H3. The molecule has 0 bridgehead atoms. The van der Waals surface area contributed by atoms with Gasteiger partial charge in [0.15, 0.2) is 0 Å². The van der Waals surface area contributed by atoms with E-state index in [-0.39, 0.29) is 6.10 Å². The monoisotopic (exact) mass is 265 g/mol. The molecule has 1 aliphatic rings. The molecule has 1 fully saturated rings. The average Bonchev–Trinajstić information content (AvgIpc) is 2.38. The third kappa shape index (κ3) is 3.36. The van der Waals surface area contributed by atoms with Crippen LogP contribution in [0.15, 0.2) is 18.2 Å². The highest BCUT2D eigenvalue weighted by molar-refractivity contribution is 6.33. The maximum atomic E-state index is 8.85. The predicted octanol–water partition coefficient (Wildman–Crippen LogP) is 1.95. The van der Waals surface area contributed by atoms with Crippen LogP contribution in [0.4, 0.5) is 5.69 Å². The lowest BCUT2D eigenvalue weighted by Crippen LogP contribution is -2.43. The zero-order valence-electron chi connectivity index (χ0n) is 10.3. The molecule has 1 heterocycles. The third-order valence-corrected chi connectivity index (χ3v) is 3.29. The average molecular weight is 266 g/mol. The van der Waals surface area contributed by atoms with Gasteiger partial charge in [-0.1, -0.05) is 11.6 Å². The molecular weight excluding hydrogens is 250 g/mol. The van der Waals surface area contributed by atoms with Crippen molar-refractivity contribution >= 4 is 17.3 Å². The van der Waals surface area contributed by atoms with Crippen LogP contribution in [0.5, 0.6) is 0 Å². The Bertz CT molecular complexity index is 458. The number of nitrogens with zero attached hydrogens (tertiary/aromatic N) is 2. The number of anilines is 1. The van der Waals surface area contributed by atoms with Crippen molar-refractivity contribution in [1.82, 2.24) is 4.90 Å². The number of hydrogen-bond acceptors (Lipinski definition) is 4. The molecule has 1 aliphatic heterocycles. The minimum atomic E-state index is 0.158. The summed E-state index contributed by atoms with van der Waals surface area (Å²) in [7, 11) is 2.08. The Kier molecular flexibility index (Phi) is 4.43. The molecule has 4 nitrogen and oxygen atoms in total. The highest BCUT2D eigenvalue weighted by atomic mass is 35.5. The second-order valence-corrected chi connectivity index (χ2v) is 4.85. The highest BCUT2D eigenvalue weighted by Crippen LogP contribution is 2.22. The van der Waals surface area contributed by atoms with Gasteiger partial charge in [-0.05, 0) is 25.2 Å². The van der Waals surface area contributed by atoms with Crippen LogP contribution in [-0.2, 0) is 4.74 Å². The van der Waals surface area contributed by atoms with Crippen molar-refractivity contribution in [2.24, 2.45) is 0 Å². The van der Waals surface area contributed by atoms with Gasteiger partial charge in [0, 0.05) is 19.6 Å². The molecule has 0 radical (unpaired) electrons. The normalized spacial score (nSPS) is 20.4. The smallest absolute Gasteiger partial charge is 0.0992 e. The number of rotatable bonds is 3. The molecule has 0 aromatic heterocycles. The van der Waals surface area contributed by atoms with E-state index in [9.17, 15) is 0 Å². The number of nitrogens with one attached hydrogen (secondary N) is 1. The van der Waals surface area contributed by atoms with Crippen LogP contribution in [-0.4, -0.2) is 44.3 Å². The summed E-state index contributed by atoms with van der Waals surface area (Å²) < 4.78 is 5.65. The molecule has 1 atom stereocenters. The molecule has 96 valence electrons. The van der Waals surface area contributed by atoms with Gasteiger partial charge in [-0.2, -0.15) is 5.26 Å². The number of morpholine rings is 1. The number of nitriles is 1. The molecule has 1 N–H and O–H groups in total. The van der Waals surface area contributed by atoms with E-state index in [1.54, 1.807) is 18.2 Å². The fourth-order valence-electron chi connectivity index (χ4n) is 1.94. The van der Waals surface area contributed by atoms with E-state index in [1.165, 1.54) is 0 Å². The Morgan fingerprint density at radius 2 is 2.44 bits per heavy atom. The van der Waals surface area contributed by atoms with Gasteiger partial charge >= 0.3 is 0 Å². The second-order valence-electron chi connectivity index (χ2n) is 4.44. The maximum Gasteiger partial charge on any atom is 0.0992 e. The molecule has 1 aromatic rings. The van der Waals surface area contributed by atoms with Crippen molar-refractivity contribution in [3.05, 3.63) is 28.8 Å². The Balaban J connectivity index is 1.95. The van der Waals surface area contributed by atoms with Crippen LogP contribution in [0.1, 0.15) is 5.56 Å². The summed E-state index contributed by atoms with van der Waals surface area (Å²) in [4.78, 5) is 2.24. The summed E-state index contributed by atoms with van der Waals surface area (Å²) in [5, 5.41) is 12.7. The van der Waals surface area contributed by atoms with E-state index in [2.05, 4.69) is 23.3 Å². The van der Waals surface area contributed by atoms with Gasteiger partial charge in [0.1, 0.15) is 0 Å². The lowest BCUT2D eigenvalue weighted by atomic mass is 10.2. The van der Waals surface area contributed by atoms with Crippen LogP contribution in [0, 0.1) is 11.3 Å². The number of halogens is 1. The summed E-state index contributed by atoms with van der Waals surface area (Å²) in [5.74, 6) is 0. The van der Waals surface area contributed by atoms with Gasteiger partial charge in [-0.3, -0.25) is 0 Å². The summed E-state index contributed by atoms with van der Waals surface area (Å²) in [6.07, 6.45) is 0.158. The van der Waals surface area contributed by atoms with E-state index in [4.69, 9.17) is 21.6 Å². The number of hydrogen-bond donors (Lipinski definition) is 1. The zero-order chi connectivity index (χ0) is 13.0. The van der Waals surface area contributed by atoms with Gasteiger partial charge in [-0.15, -0.1) is 0 Å². The van der Waals surface area contributed by atoms with Crippen LogP contribution in [0.2, 0.25) is 5.02 Å². The summed E-state index contributed by atoms with van der Waals surface area (Å²) in [6, 6.07) is 7.30. The fraction of sp³-hybridized carbons (Fsp3) is 0.462. The van der Waals surface area contributed by atoms with Gasteiger partial charge in [0.2, 0.25) is 0 Å². The Morgan fingerprint density at radius 3 is 3.17 bits per heavy atom. The topological polar surface area (TPSA) is 48.3 Å². The van der Waals surface area contributed by atoms with E-state index >= 15 is 0 Å². The van der Waals surface area contributed by atoms with E-state index in [0.717, 1.165) is 25.4 Å². The van der Waals surface area contributed by atoms with Gasteiger partial charge in [0.25, 0.3) is 0 Å². The minimum absolute atomic E-state index is 0.158. The van der Waals surface area contributed by atoms with Crippen molar-refractivity contribution in [1.29, 1.82) is 5.26 Å². The van der Waals surface area contributed by atoms with Crippen LogP contribution < -0.4 is 5.32 Å². The summed E-state index contributed by atoms with van der Waals surface area (Å²) in [5.41, 5.74) is 1.39. The highest BCUT2D eigenvalue weighted by Gasteiger charge is 2.17. The first-order chi connectivity index (χ1) is 8.69. The van der Waals surface area contributed by atoms with Crippen LogP contribution in [0.25, 0.3) is 0 Å². The molecule has 2 rings (SSSR count). The van der Waals surface area contributed by atoms with Crippen molar-refractivity contribution in [2.75, 3.05) is 38.6 Å². The lowest BCUT2D eigenvalue weighted by molar-refractivity contribution is -0.0117. The molecule has 0 amide bonds. The first-order valence-electron chi connectivity index (χ1n) is 5.92. The van der Waals surface area contributed by atoms with Gasteiger partial charge in [0.05, 0.1) is 35.1 Å². The molecule has 1 unspecified atom stereocenters. The quantitative estimate of drug-likeness (QED) is 0.908. The van der Waals surface area contributed by atoms with Gasteiger partial charge in [-0.25, -0.2) is 0 Å². The van der Waals surface area contributed by atoms with Crippen molar-refractivity contribution in [3.8, 4) is 6.07 Å². The largest absolute Gasteiger partial charge is 0.381 e. The van der Waals surface area contributed by atoms with E-state index in [1.807, 2.05) is 0 Å². The van der Waals surface area contributed by atoms with Crippen LogP contribution in [0.3, 0.4) is 0 Å². The molecule has 0 spiro atoms.